The van der Waals surface area contributed by atoms with E-state index in [0.717, 1.165) is 10.9 Å². The molecule has 6 rings (SSSR count). The molecular weight excluding hydrogens is 526 g/mol. The van der Waals surface area contributed by atoms with Gasteiger partial charge in [-0.05, 0) is 55.3 Å². The third-order valence-corrected chi connectivity index (χ3v) is 8.09. The number of rotatable bonds is 4. The Morgan fingerprint density at radius 3 is 2.45 bits per heavy atom. The zero-order chi connectivity index (χ0) is 28.1. The largest absolute Gasteiger partial charge is 0.495 e. The van der Waals surface area contributed by atoms with E-state index in [1.807, 2.05) is 40.8 Å². The summed E-state index contributed by atoms with van der Waals surface area (Å²) >= 11 is 6.40. The van der Waals surface area contributed by atoms with Crippen LogP contribution in [0.1, 0.15) is 21.6 Å². The molecule has 1 aliphatic rings. The van der Waals surface area contributed by atoms with E-state index in [1.54, 1.807) is 18.2 Å². The van der Waals surface area contributed by atoms with Crippen LogP contribution in [0.5, 0.6) is 5.75 Å². The van der Waals surface area contributed by atoms with Gasteiger partial charge in [0.25, 0.3) is 11.5 Å². The third kappa shape index (κ3) is 4.19. The first-order chi connectivity index (χ1) is 19.3. The Balaban J connectivity index is 1.45. The minimum atomic E-state index is -0.328. The topological polar surface area (TPSA) is 72.6 Å². The van der Waals surface area contributed by atoms with Crippen LogP contribution in [0.2, 0.25) is 5.02 Å². The monoisotopic (exact) mass is 555 g/mol. The number of hydrogen-bond acceptors (Lipinski definition) is 5. The summed E-state index contributed by atoms with van der Waals surface area (Å²) in [5.41, 5.74) is 5.28. The second-order valence-corrected chi connectivity index (χ2v) is 10.7. The summed E-state index contributed by atoms with van der Waals surface area (Å²) < 4.78 is 8.39. The lowest BCUT2D eigenvalue weighted by Crippen LogP contribution is -2.49. The number of carbonyl (C=O) groups excluding carboxylic acids is 1. The van der Waals surface area contributed by atoms with Crippen molar-refractivity contribution in [3.05, 3.63) is 92.9 Å². The Kier molecular flexibility index (Phi) is 6.50. The van der Waals surface area contributed by atoms with Gasteiger partial charge in [0.15, 0.2) is 5.69 Å². The van der Waals surface area contributed by atoms with Gasteiger partial charge in [-0.25, -0.2) is 0 Å². The van der Waals surface area contributed by atoms with Crippen LogP contribution in [-0.2, 0) is 7.05 Å². The molecule has 9 heteroatoms. The SMILES string of the molecule is COc1ccc(-n2nc(C(=O)N3CCN(c4cc(C)ccc4C)CC3)c3c4ccccc4n(C)c3c2=O)cc1Cl. The zero-order valence-corrected chi connectivity index (χ0v) is 23.7. The second-order valence-electron chi connectivity index (χ2n) is 10.3. The fourth-order valence-corrected chi connectivity index (χ4v) is 5.90. The number of nitrogens with zero attached hydrogens (tertiary/aromatic N) is 5. The summed E-state index contributed by atoms with van der Waals surface area (Å²) in [4.78, 5) is 32.2. The number of piperazine rings is 1. The summed E-state index contributed by atoms with van der Waals surface area (Å²) in [6, 6.07) is 19.2. The molecule has 1 amide bonds. The number of benzene rings is 3. The quantitative estimate of drug-likeness (QED) is 0.308. The maximum atomic E-state index is 14.2. The van der Waals surface area contributed by atoms with Gasteiger partial charge in [0.05, 0.1) is 17.8 Å². The lowest BCUT2D eigenvalue weighted by molar-refractivity contribution is 0.0741. The van der Waals surface area contributed by atoms with Crippen molar-refractivity contribution in [2.24, 2.45) is 7.05 Å². The highest BCUT2D eigenvalue weighted by molar-refractivity contribution is 6.32. The Hall–Kier alpha value is -4.30. The maximum Gasteiger partial charge on any atom is 0.296 e. The first kappa shape index (κ1) is 26.0. The highest BCUT2D eigenvalue weighted by Crippen LogP contribution is 2.31. The maximum absolute atomic E-state index is 14.2. The first-order valence-corrected chi connectivity index (χ1v) is 13.6. The molecule has 1 saturated heterocycles. The molecule has 0 N–H and O–H groups in total. The molecule has 0 saturated carbocycles. The molecule has 0 spiro atoms. The van der Waals surface area contributed by atoms with E-state index in [0.29, 0.717) is 53.5 Å². The number of aryl methyl sites for hydroxylation is 3. The molecule has 3 aromatic carbocycles. The smallest absolute Gasteiger partial charge is 0.296 e. The van der Waals surface area contributed by atoms with Crippen LogP contribution in [0.3, 0.4) is 0 Å². The van der Waals surface area contributed by atoms with Crippen LogP contribution in [-0.4, -0.2) is 58.4 Å². The Morgan fingerprint density at radius 2 is 1.73 bits per heavy atom. The summed E-state index contributed by atoms with van der Waals surface area (Å²) in [6.45, 7) is 6.73. The van der Waals surface area contributed by atoms with E-state index in [9.17, 15) is 9.59 Å². The number of methoxy groups -OCH3 is 1. The highest BCUT2D eigenvalue weighted by atomic mass is 35.5. The molecule has 5 aromatic rings. The van der Waals surface area contributed by atoms with Crippen LogP contribution in [0.4, 0.5) is 5.69 Å². The van der Waals surface area contributed by atoms with Gasteiger partial charge < -0.3 is 19.1 Å². The molecule has 0 aliphatic carbocycles. The number of aromatic nitrogens is 3. The van der Waals surface area contributed by atoms with Crippen molar-refractivity contribution in [2.45, 2.75) is 13.8 Å². The molecule has 40 heavy (non-hydrogen) atoms. The Bertz CT molecular complexity index is 1850. The Labute approximate surface area is 236 Å². The molecule has 0 unspecified atom stereocenters. The molecule has 0 radical (unpaired) electrons. The van der Waals surface area contributed by atoms with Gasteiger partial charge in [0, 0.05) is 55.2 Å². The van der Waals surface area contributed by atoms with E-state index < -0.39 is 0 Å². The molecule has 3 heterocycles. The number of halogens is 1. The molecule has 8 nitrogen and oxygen atoms in total. The second kappa shape index (κ2) is 10.0. The molecule has 1 aliphatic heterocycles. The average molecular weight is 556 g/mol. The number of amides is 1. The van der Waals surface area contributed by atoms with Crippen molar-refractivity contribution in [1.82, 2.24) is 19.2 Å². The average Bonchev–Trinajstić information content (AvgIpc) is 3.27. The van der Waals surface area contributed by atoms with Gasteiger partial charge >= 0.3 is 0 Å². The van der Waals surface area contributed by atoms with Crippen LogP contribution in [0, 0.1) is 13.8 Å². The molecule has 204 valence electrons. The van der Waals surface area contributed by atoms with E-state index in [2.05, 4.69) is 36.9 Å². The van der Waals surface area contributed by atoms with Crippen LogP contribution < -0.4 is 15.2 Å². The summed E-state index contributed by atoms with van der Waals surface area (Å²) in [5.74, 6) is 0.289. The molecule has 2 aromatic heterocycles. The van der Waals surface area contributed by atoms with Gasteiger partial charge in [-0.1, -0.05) is 41.9 Å². The first-order valence-electron chi connectivity index (χ1n) is 13.2. The number of anilines is 1. The molecule has 1 fully saturated rings. The van der Waals surface area contributed by atoms with Gasteiger partial charge in [0.1, 0.15) is 11.3 Å². The fourth-order valence-electron chi connectivity index (χ4n) is 5.65. The van der Waals surface area contributed by atoms with Crippen LogP contribution in [0.25, 0.3) is 27.5 Å². The number of carbonyl (C=O) groups is 1. The van der Waals surface area contributed by atoms with Crippen molar-refractivity contribution < 1.29 is 9.53 Å². The summed E-state index contributed by atoms with van der Waals surface area (Å²) in [6.07, 6.45) is 0. The van der Waals surface area contributed by atoms with Crippen LogP contribution >= 0.6 is 11.6 Å². The summed E-state index contributed by atoms with van der Waals surface area (Å²) in [7, 11) is 3.37. The van der Waals surface area contributed by atoms with E-state index >= 15 is 0 Å². The molecular formula is C31H30ClN5O3. The van der Waals surface area contributed by atoms with Gasteiger partial charge in [-0.2, -0.15) is 9.78 Å². The minimum absolute atomic E-state index is 0.199. The molecule has 0 bridgehead atoms. The van der Waals surface area contributed by atoms with E-state index in [4.69, 9.17) is 21.4 Å². The standard InChI is InChI=1S/C31H30ClN5O3/c1-19-9-10-20(2)25(17-19)35-13-15-36(16-14-35)30(38)28-27-22-7-5-6-8-24(22)34(3)29(27)31(39)37(33-28)21-11-12-26(40-4)23(32)18-21/h5-12,17-18H,13-16H2,1-4H3. The van der Waals surface area contributed by atoms with Crippen molar-refractivity contribution in [1.29, 1.82) is 0 Å². The minimum Gasteiger partial charge on any atom is -0.495 e. The van der Waals surface area contributed by atoms with Crippen molar-refractivity contribution in [3.8, 4) is 11.4 Å². The van der Waals surface area contributed by atoms with E-state index in [1.165, 1.54) is 28.6 Å². The van der Waals surface area contributed by atoms with Gasteiger partial charge in [0.2, 0.25) is 0 Å². The highest BCUT2D eigenvalue weighted by Gasteiger charge is 2.29. The predicted octanol–water partition coefficient (Wildman–Crippen LogP) is 5.12. The Morgan fingerprint density at radius 1 is 0.975 bits per heavy atom. The van der Waals surface area contributed by atoms with Gasteiger partial charge in [-0.3, -0.25) is 9.59 Å². The normalized spacial score (nSPS) is 13.8. The van der Waals surface area contributed by atoms with Gasteiger partial charge in [-0.15, -0.1) is 0 Å². The lowest BCUT2D eigenvalue weighted by Gasteiger charge is -2.37. The molecule has 0 atom stereocenters. The predicted molar refractivity (Wildman–Crippen MR) is 159 cm³/mol. The number of para-hydroxylation sites is 1. The lowest BCUT2D eigenvalue weighted by atomic mass is 10.1. The summed E-state index contributed by atoms with van der Waals surface area (Å²) in [5, 5.41) is 6.44. The van der Waals surface area contributed by atoms with Crippen LogP contribution in [0.15, 0.2) is 65.5 Å². The van der Waals surface area contributed by atoms with E-state index in [-0.39, 0.29) is 17.2 Å². The third-order valence-electron chi connectivity index (χ3n) is 7.79. The van der Waals surface area contributed by atoms with Crippen molar-refractivity contribution in [3.63, 3.8) is 0 Å². The number of ether oxygens (including phenoxy) is 1. The number of fused-ring (bicyclic) bond motifs is 3. The fraction of sp³-hybridized carbons (Fsp3) is 0.258. The van der Waals surface area contributed by atoms with Crippen molar-refractivity contribution in [2.75, 3.05) is 38.2 Å². The van der Waals surface area contributed by atoms with Crippen molar-refractivity contribution >= 4 is 45.0 Å². The number of hydrogen-bond donors (Lipinski definition) is 0. The zero-order valence-electron chi connectivity index (χ0n) is 22.9.